The van der Waals surface area contributed by atoms with E-state index in [1.165, 1.54) is 15.9 Å². The quantitative estimate of drug-likeness (QED) is 0.455. The fraction of sp³-hybridized carbons (Fsp3) is 0.231. The molecule has 3 rings (SSSR count). The Morgan fingerprint density at radius 2 is 1.36 bits per heavy atom. The van der Waals surface area contributed by atoms with Crippen molar-refractivity contribution in [1.82, 2.24) is 0 Å². The highest BCUT2D eigenvalue weighted by Gasteiger charge is 2.46. The first-order valence-corrected chi connectivity index (χ1v) is 11.7. The third-order valence-corrected chi connectivity index (χ3v) is 10.3. The molecule has 0 radical (unpaired) electrons. The Hall–Kier alpha value is -2.76. The Labute approximate surface area is 170 Å². The van der Waals surface area contributed by atoms with Gasteiger partial charge in [-0.2, -0.15) is 0 Å². The van der Waals surface area contributed by atoms with E-state index in [2.05, 4.69) is 106 Å². The molecule has 0 amide bonds. The third-order valence-electron chi connectivity index (χ3n) is 5.12. The molecule has 0 N–H and O–H groups in total. The zero-order chi connectivity index (χ0) is 20.0. The smallest absolute Gasteiger partial charge is 0.204 e. The maximum atomic E-state index is 5.92. The SMILES string of the molecule is Cc1cccc(OCC#C[Si](c2ccccc2)(c2ccccc2)C(C)(C)C)c1. The summed E-state index contributed by atoms with van der Waals surface area (Å²) >= 11 is 0. The molecule has 0 aliphatic rings. The molecular formula is C26H28OSi. The van der Waals surface area contributed by atoms with Crippen molar-refractivity contribution in [1.29, 1.82) is 0 Å². The number of hydrogen-bond donors (Lipinski definition) is 0. The molecule has 3 aromatic rings. The van der Waals surface area contributed by atoms with Crippen LogP contribution in [-0.4, -0.2) is 14.7 Å². The minimum atomic E-state index is -2.34. The topological polar surface area (TPSA) is 9.23 Å². The second kappa shape index (κ2) is 8.50. The van der Waals surface area contributed by atoms with Crippen molar-refractivity contribution in [2.45, 2.75) is 32.7 Å². The molecule has 0 bridgehead atoms. The van der Waals surface area contributed by atoms with E-state index in [4.69, 9.17) is 4.74 Å². The van der Waals surface area contributed by atoms with E-state index in [1.54, 1.807) is 0 Å². The zero-order valence-corrected chi connectivity index (χ0v) is 18.2. The highest BCUT2D eigenvalue weighted by Crippen LogP contribution is 2.35. The number of rotatable bonds is 4. The second-order valence-corrected chi connectivity index (χ2v) is 12.5. The molecule has 28 heavy (non-hydrogen) atoms. The summed E-state index contributed by atoms with van der Waals surface area (Å²) in [6.07, 6.45) is 0. The van der Waals surface area contributed by atoms with Gasteiger partial charge in [-0.05, 0) is 40.0 Å². The first-order valence-electron chi connectivity index (χ1n) is 9.74. The third kappa shape index (κ3) is 4.21. The highest BCUT2D eigenvalue weighted by molar-refractivity contribution is 7.10. The van der Waals surface area contributed by atoms with Crippen LogP contribution in [0.3, 0.4) is 0 Å². The molecule has 0 spiro atoms. The monoisotopic (exact) mass is 384 g/mol. The van der Waals surface area contributed by atoms with Crippen LogP contribution in [0.1, 0.15) is 26.3 Å². The van der Waals surface area contributed by atoms with Crippen LogP contribution < -0.4 is 15.1 Å². The summed E-state index contributed by atoms with van der Waals surface area (Å²) in [5, 5.41) is 2.72. The van der Waals surface area contributed by atoms with Gasteiger partial charge in [0.25, 0.3) is 0 Å². The Bertz CT molecular complexity index is 920. The first-order chi connectivity index (χ1) is 13.4. The molecule has 0 aliphatic heterocycles. The van der Waals surface area contributed by atoms with Crippen LogP contribution in [0.4, 0.5) is 0 Å². The van der Waals surface area contributed by atoms with Gasteiger partial charge in [-0.25, -0.2) is 0 Å². The molecule has 0 aliphatic carbocycles. The van der Waals surface area contributed by atoms with E-state index in [0.717, 1.165) is 5.75 Å². The average Bonchev–Trinajstić information content (AvgIpc) is 2.69. The van der Waals surface area contributed by atoms with Gasteiger partial charge in [0.05, 0.1) is 0 Å². The molecular weight excluding hydrogens is 356 g/mol. The molecule has 0 heterocycles. The minimum absolute atomic E-state index is 0.0338. The van der Waals surface area contributed by atoms with Crippen LogP contribution in [0, 0.1) is 18.4 Å². The van der Waals surface area contributed by atoms with Gasteiger partial charge in [0.2, 0.25) is 8.07 Å². The Morgan fingerprint density at radius 1 is 0.786 bits per heavy atom. The summed E-state index contributed by atoms with van der Waals surface area (Å²) < 4.78 is 5.92. The molecule has 3 aromatic carbocycles. The molecule has 142 valence electrons. The van der Waals surface area contributed by atoms with E-state index in [0.29, 0.717) is 6.61 Å². The van der Waals surface area contributed by atoms with Crippen LogP contribution in [0.5, 0.6) is 5.75 Å². The van der Waals surface area contributed by atoms with Crippen LogP contribution in [0.25, 0.3) is 0 Å². The number of hydrogen-bond acceptors (Lipinski definition) is 1. The molecule has 0 saturated heterocycles. The van der Waals surface area contributed by atoms with E-state index in [1.807, 2.05) is 18.2 Å². The summed E-state index contributed by atoms with van der Waals surface area (Å²) in [6, 6.07) is 29.7. The molecule has 2 heteroatoms. The summed E-state index contributed by atoms with van der Waals surface area (Å²) in [5.41, 5.74) is 4.95. The van der Waals surface area contributed by atoms with Crippen LogP contribution in [0.15, 0.2) is 84.9 Å². The lowest BCUT2D eigenvalue weighted by Crippen LogP contribution is -2.63. The summed E-state index contributed by atoms with van der Waals surface area (Å²) in [4.78, 5) is 0. The fourth-order valence-electron chi connectivity index (χ4n) is 3.73. The summed E-state index contributed by atoms with van der Waals surface area (Å²) in [5.74, 6) is 4.26. The van der Waals surface area contributed by atoms with E-state index < -0.39 is 8.07 Å². The Balaban J connectivity index is 2.02. The van der Waals surface area contributed by atoms with Gasteiger partial charge in [0, 0.05) is 0 Å². The molecule has 0 saturated carbocycles. The van der Waals surface area contributed by atoms with Crippen molar-refractivity contribution < 1.29 is 4.74 Å². The maximum Gasteiger partial charge on any atom is 0.204 e. The zero-order valence-electron chi connectivity index (χ0n) is 17.2. The van der Waals surface area contributed by atoms with Crippen LogP contribution in [-0.2, 0) is 0 Å². The van der Waals surface area contributed by atoms with Crippen LogP contribution >= 0.6 is 0 Å². The van der Waals surface area contributed by atoms with Gasteiger partial charge in [-0.15, -0.1) is 5.54 Å². The first kappa shape index (κ1) is 20.0. The summed E-state index contributed by atoms with van der Waals surface area (Å²) in [7, 11) is -2.34. The Kier molecular flexibility index (Phi) is 6.07. The van der Waals surface area contributed by atoms with Crippen molar-refractivity contribution in [3.8, 4) is 17.2 Å². The van der Waals surface area contributed by atoms with E-state index in [-0.39, 0.29) is 5.04 Å². The second-order valence-electron chi connectivity index (χ2n) is 8.14. The largest absolute Gasteiger partial charge is 0.481 e. The van der Waals surface area contributed by atoms with Gasteiger partial charge in [0.15, 0.2) is 0 Å². The fourth-order valence-corrected chi connectivity index (χ4v) is 8.19. The molecule has 0 aromatic heterocycles. The molecule has 1 nitrogen and oxygen atoms in total. The molecule has 0 atom stereocenters. The maximum absolute atomic E-state index is 5.92. The van der Waals surface area contributed by atoms with Crippen molar-refractivity contribution in [2.75, 3.05) is 6.61 Å². The predicted molar refractivity (Wildman–Crippen MR) is 122 cm³/mol. The standard InChI is InChI=1S/C26H28OSi/c1-22-13-11-14-23(21-22)27-19-12-20-28(26(2,3)4,24-15-7-5-8-16-24)25-17-9-6-10-18-25/h5-11,13-18,21H,19H2,1-4H3. The lowest BCUT2D eigenvalue weighted by atomic mass is 10.2. The van der Waals surface area contributed by atoms with Crippen LogP contribution in [0.2, 0.25) is 5.04 Å². The molecule has 0 unspecified atom stereocenters. The van der Waals surface area contributed by atoms with Crippen molar-refractivity contribution >= 4 is 18.4 Å². The normalized spacial score (nSPS) is 11.4. The van der Waals surface area contributed by atoms with Crippen molar-refractivity contribution in [3.05, 3.63) is 90.5 Å². The lowest BCUT2D eigenvalue weighted by molar-refractivity contribution is 0.370. The average molecular weight is 385 g/mol. The van der Waals surface area contributed by atoms with Gasteiger partial charge in [-0.3, -0.25) is 0 Å². The van der Waals surface area contributed by atoms with Gasteiger partial charge in [0.1, 0.15) is 12.4 Å². The van der Waals surface area contributed by atoms with E-state index in [9.17, 15) is 0 Å². The van der Waals surface area contributed by atoms with Gasteiger partial charge >= 0.3 is 0 Å². The predicted octanol–water partition coefficient (Wildman–Crippen LogP) is 4.98. The van der Waals surface area contributed by atoms with E-state index >= 15 is 0 Å². The Morgan fingerprint density at radius 3 is 1.86 bits per heavy atom. The van der Waals surface area contributed by atoms with Crippen molar-refractivity contribution in [3.63, 3.8) is 0 Å². The number of ether oxygens (including phenoxy) is 1. The summed E-state index contributed by atoms with van der Waals surface area (Å²) in [6.45, 7) is 9.41. The number of aryl methyl sites for hydroxylation is 1. The van der Waals surface area contributed by atoms with Crippen molar-refractivity contribution in [2.24, 2.45) is 0 Å². The molecule has 0 fully saturated rings. The highest BCUT2D eigenvalue weighted by atomic mass is 28.3. The van der Waals surface area contributed by atoms with Gasteiger partial charge < -0.3 is 4.74 Å². The minimum Gasteiger partial charge on any atom is -0.481 e. The number of benzene rings is 3. The lowest BCUT2D eigenvalue weighted by Gasteiger charge is -2.39. The van der Waals surface area contributed by atoms with Gasteiger partial charge in [-0.1, -0.05) is 99.5 Å².